The molecule has 0 saturated carbocycles. The highest BCUT2D eigenvalue weighted by Crippen LogP contribution is 2.35. The van der Waals surface area contributed by atoms with Crippen LogP contribution in [0.2, 0.25) is 0 Å². The van der Waals surface area contributed by atoms with Gasteiger partial charge in [0.2, 0.25) is 0 Å². The molecule has 224 valence electrons. The second kappa shape index (κ2) is 13.6. The number of aliphatic hydroxyl groups excluding tert-OH is 2. The van der Waals surface area contributed by atoms with Crippen LogP contribution in [0.15, 0.2) is 53.4 Å². The number of nitriles is 1. The molecular formula is C30H36N4O6S2. The average Bonchev–Trinajstić information content (AvgIpc) is 3.49. The van der Waals surface area contributed by atoms with Crippen LogP contribution in [0.25, 0.3) is 26.8 Å². The largest absolute Gasteiger partial charge is 0.390 e. The molecule has 0 radical (unpaired) electrons. The first-order valence-corrected chi connectivity index (χ1v) is 16.3. The maximum absolute atomic E-state index is 13.0. The highest BCUT2D eigenvalue weighted by atomic mass is 32.2. The highest BCUT2D eigenvalue weighted by Gasteiger charge is 2.30. The lowest BCUT2D eigenvalue weighted by molar-refractivity contribution is -0.118. The molecule has 10 nitrogen and oxygen atoms in total. The Morgan fingerprint density at radius 2 is 1.86 bits per heavy atom. The molecule has 42 heavy (non-hydrogen) atoms. The van der Waals surface area contributed by atoms with Gasteiger partial charge in [0.05, 0.1) is 32.0 Å². The van der Waals surface area contributed by atoms with Crippen LogP contribution in [0.3, 0.4) is 0 Å². The number of hydrogen-bond donors (Lipinski definition) is 4. The number of aliphatic hydroxyl groups is 2. The number of nitrogens with zero attached hydrogens (tertiary/aromatic N) is 2. The normalized spacial score (nSPS) is 22.5. The van der Waals surface area contributed by atoms with Gasteiger partial charge in [0.15, 0.2) is 4.91 Å². The van der Waals surface area contributed by atoms with E-state index in [1.807, 2.05) is 24.3 Å². The maximum atomic E-state index is 13.0. The second-order valence-electron chi connectivity index (χ2n) is 10.6. The summed E-state index contributed by atoms with van der Waals surface area (Å²) in [6, 6.07) is 18.2. The predicted molar refractivity (Wildman–Crippen MR) is 165 cm³/mol. The number of morpholine rings is 1. The summed E-state index contributed by atoms with van der Waals surface area (Å²) in [7, 11) is -4.11. The molecule has 2 aliphatic rings. The van der Waals surface area contributed by atoms with Crippen molar-refractivity contribution in [3.05, 3.63) is 58.3 Å². The third-order valence-electron chi connectivity index (χ3n) is 7.62. The summed E-state index contributed by atoms with van der Waals surface area (Å²) >= 11 is 1.42. The number of benzene rings is 2. The molecule has 2 aliphatic heterocycles. The van der Waals surface area contributed by atoms with Gasteiger partial charge in [-0.2, -0.15) is 5.26 Å². The van der Waals surface area contributed by atoms with Crippen molar-refractivity contribution in [3.8, 4) is 16.5 Å². The molecule has 3 atom stereocenters. The van der Waals surface area contributed by atoms with Gasteiger partial charge in [-0.15, -0.1) is 11.3 Å². The molecular weight excluding hydrogens is 576 g/mol. The molecule has 0 amide bonds. The molecule has 5 rings (SSSR count). The van der Waals surface area contributed by atoms with Gasteiger partial charge < -0.3 is 25.0 Å². The molecule has 1 aromatic heterocycles. The van der Waals surface area contributed by atoms with E-state index in [0.29, 0.717) is 10.5 Å². The third kappa shape index (κ3) is 7.37. The van der Waals surface area contributed by atoms with Crippen LogP contribution >= 0.6 is 11.3 Å². The van der Waals surface area contributed by atoms with E-state index in [9.17, 15) is 23.9 Å². The van der Waals surface area contributed by atoms with Crippen LogP contribution in [-0.4, -0.2) is 94.4 Å². The zero-order chi connectivity index (χ0) is 29.7. The summed E-state index contributed by atoms with van der Waals surface area (Å²) in [5, 5.41) is 34.9. The molecule has 12 heteroatoms. The molecule has 0 aliphatic carbocycles. The molecule has 2 fully saturated rings. The first-order valence-electron chi connectivity index (χ1n) is 14.0. The van der Waals surface area contributed by atoms with E-state index in [2.05, 4.69) is 45.3 Å². The van der Waals surface area contributed by atoms with Crippen LogP contribution in [0.1, 0.15) is 18.2 Å². The van der Waals surface area contributed by atoms with Crippen LogP contribution in [-0.2, 0) is 19.5 Å². The van der Waals surface area contributed by atoms with Crippen molar-refractivity contribution in [2.24, 2.45) is 0 Å². The number of nitrogens with one attached hydrogen (secondary N) is 2. The zero-order valence-electron chi connectivity index (χ0n) is 23.5. The molecule has 0 bridgehead atoms. The Hall–Kier alpha value is -2.86. The van der Waals surface area contributed by atoms with Gasteiger partial charge in [0, 0.05) is 54.6 Å². The lowest BCUT2D eigenvalue weighted by atomic mass is 10.0. The summed E-state index contributed by atoms with van der Waals surface area (Å²) in [5.41, 5.74) is 2.44. The molecule has 2 aromatic carbocycles. The van der Waals surface area contributed by atoms with Gasteiger partial charge in [-0.25, -0.2) is 13.1 Å². The summed E-state index contributed by atoms with van der Waals surface area (Å²) in [4.78, 5) is 3.68. The second-order valence-corrected chi connectivity index (χ2v) is 13.4. The molecule has 0 spiro atoms. The monoisotopic (exact) mass is 612 g/mol. The summed E-state index contributed by atoms with van der Waals surface area (Å²) < 4.78 is 39.2. The minimum atomic E-state index is -4.11. The van der Waals surface area contributed by atoms with E-state index >= 15 is 0 Å². The lowest BCUT2D eigenvalue weighted by Gasteiger charge is -2.30. The Kier molecular flexibility index (Phi) is 9.92. The Bertz CT molecular complexity index is 1580. The van der Waals surface area contributed by atoms with Gasteiger partial charge in [-0.05, 0) is 59.2 Å². The maximum Gasteiger partial charge on any atom is 0.251 e. The van der Waals surface area contributed by atoms with E-state index in [1.54, 1.807) is 6.92 Å². The van der Waals surface area contributed by atoms with Crippen molar-refractivity contribution in [1.29, 1.82) is 5.26 Å². The van der Waals surface area contributed by atoms with Crippen molar-refractivity contribution in [2.45, 2.75) is 31.7 Å². The van der Waals surface area contributed by atoms with Crippen LogP contribution in [0.5, 0.6) is 0 Å². The number of sulfonamides is 1. The average molecular weight is 613 g/mol. The van der Waals surface area contributed by atoms with Crippen molar-refractivity contribution in [3.63, 3.8) is 0 Å². The quantitative estimate of drug-likeness (QED) is 0.254. The Morgan fingerprint density at radius 3 is 2.62 bits per heavy atom. The summed E-state index contributed by atoms with van der Waals surface area (Å²) in [6.45, 7) is 6.82. The van der Waals surface area contributed by atoms with E-state index < -0.39 is 28.3 Å². The predicted octanol–water partition coefficient (Wildman–Crippen LogP) is 3.00. The van der Waals surface area contributed by atoms with Crippen molar-refractivity contribution in [1.82, 2.24) is 9.62 Å². The Balaban J connectivity index is 1.25. The van der Waals surface area contributed by atoms with E-state index in [-0.39, 0.29) is 24.5 Å². The number of thiophene rings is 1. The van der Waals surface area contributed by atoms with Crippen LogP contribution in [0, 0.1) is 11.3 Å². The van der Waals surface area contributed by atoms with Gasteiger partial charge in [-0.3, -0.25) is 4.90 Å². The van der Waals surface area contributed by atoms with E-state index in [0.717, 1.165) is 66.3 Å². The fourth-order valence-electron chi connectivity index (χ4n) is 5.10. The van der Waals surface area contributed by atoms with Crippen LogP contribution in [0.4, 0.5) is 5.69 Å². The number of ether oxygens (including phenoxy) is 2. The standard InChI is InChI=1S/C30H36N4O6S2/c1-20(30(17-31)42(37,38)33-18-25-16-26(35)27(36)19-40-25)28-6-7-29(41-28)23-3-2-22-15-24(5-4-21(22)14-23)32-8-9-34-10-12-39-13-11-34/h2-7,14-15,25-27,32-33,35-36H,8-13,16,18-19H2,1H3/b30-20+/t25-,26-,27-/m0/s1. The molecule has 3 heterocycles. The van der Waals surface area contributed by atoms with Gasteiger partial charge >= 0.3 is 0 Å². The smallest absolute Gasteiger partial charge is 0.251 e. The molecule has 2 saturated heterocycles. The number of allylic oxidation sites excluding steroid dienone is 2. The minimum absolute atomic E-state index is 0.0757. The molecule has 4 N–H and O–H groups in total. The SMILES string of the molecule is C/C(=C(/C#N)S(=O)(=O)NC[C@@H]1C[C@H](O)[C@@H](O)CO1)c1ccc(-c2ccc3cc(NCCN4CCOCC4)ccc3c2)s1. The summed E-state index contributed by atoms with van der Waals surface area (Å²) in [5.74, 6) is 0. The van der Waals surface area contributed by atoms with Gasteiger partial charge in [0.1, 0.15) is 12.2 Å². The Morgan fingerprint density at radius 1 is 1.10 bits per heavy atom. The van der Waals surface area contributed by atoms with Gasteiger partial charge in [-0.1, -0.05) is 18.2 Å². The third-order valence-corrected chi connectivity index (χ3v) is 10.4. The van der Waals surface area contributed by atoms with E-state index in [4.69, 9.17) is 9.47 Å². The van der Waals surface area contributed by atoms with Crippen LogP contribution < -0.4 is 10.0 Å². The molecule has 0 unspecified atom stereocenters. The van der Waals surface area contributed by atoms with Crippen molar-refractivity contribution in [2.75, 3.05) is 57.9 Å². The number of anilines is 1. The first-order chi connectivity index (χ1) is 20.2. The summed E-state index contributed by atoms with van der Waals surface area (Å²) in [6.07, 6.45) is -2.47. The molecule has 3 aromatic rings. The zero-order valence-corrected chi connectivity index (χ0v) is 25.1. The van der Waals surface area contributed by atoms with Gasteiger partial charge in [0.25, 0.3) is 10.0 Å². The Labute approximate surface area is 250 Å². The fourth-order valence-corrected chi connectivity index (χ4v) is 7.36. The minimum Gasteiger partial charge on any atom is -0.390 e. The number of rotatable bonds is 10. The fraction of sp³-hybridized carbons (Fsp3) is 0.433. The van der Waals surface area contributed by atoms with E-state index in [1.165, 1.54) is 11.3 Å². The van der Waals surface area contributed by atoms with Crippen molar-refractivity contribution < 1.29 is 28.1 Å². The number of hydrogen-bond acceptors (Lipinski definition) is 10. The highest BCUT2D eigenvalue weighted by molar-refractivity contribution is 7.93. The first kappa shape index (κ1) is 30.6. The lowest BCUT2D eigenvalue weighted by Crippen LogP contribution is -2.45. The number of fused-ring (bicyclic) bond motifs is 1. The van der Waals surface area contributed by atoms with Crippen molar-refractivity contribution >= 4 is 43.4 Å². The topological polar surface area (TPSA) is 144 Å².